The molecule has 2 atom stereocenters. The van der Waals surface area contributed by atoms with Gasteiger partial charge < -0.3 is 15.4 Å². The highest BCUT2D eigenvalue weighted by atomic mass is 16.1. The Labute approximate surface area is 67.5 Å². The topological polar surface area (TPSA) is 41.1 Å². The van der Waals surface area contributed by atoms with Crippen molar-refractivity contribution in [2.45, 2.75) is 31.3 Å². The maximum absolute atomic E-state index is 10.8. The highest BCUT2D eigenvalue weighted by molar-refractivity contribution is 5.66. The number of aldehydes is 1. The van der Waals surface area contributed by atoms with Gasteiger partial charge in [0, 0.05) is 6.04 Å². The number of hydrogen-bond donors (Lipinski definition) is 2. The van der Waals surface area contributed by atoms with Gasteiger partial charge in [0.25, 0.3) is 0 Å². The van der Waals surface area contributed by atoms with Gasteiger partial charge in [-0.25, -0.2) is 0 Å². The molecule has 1 saturated heterocycles. The van der Waals surface area contributed by atoms with E-state index in [0.717, 1.165) is 25.7 Å². The van der Waals surface area contributed by atoms with Gasteiger partial charge in [-0.2, -0.15) is 0 Å². The lowest BCUT2D eigenvalue weighted by Crippen LogP contribution is -2.55. The van der Waals surface area contributed by atoms with Crippen LogP contribution in [0.3, 0.4) is 0 Å². The van der Waals surface area contributed by atoms with Crippen molar-refractivity contribution < 1.29 is 4.79 Å². The van der Waals surface area contributed by atoms with Gasteiger partial charge in [-0.15, -0.1) is 0 Å². The molecule has 0 aliphatic carbocycles. The van der Waals surface area contributed by atoms with E-state index in [0.29, 0.717) is 0 Å². The fourth-order valence-corrected chi connectivity index (χ4v) is 1.62. The monoisotopic (exact) mass is 156 g/mol. The quantitative estimate of drug-likeness (QED) is 0.561. The van der Waals surface area contributed by atoms with Crippen molar-refractivity contribution >= 4 is 6.29 Å². The fraction of sp³-hybridized carbons (Fsp3) is 0.875. The van der Waals surface area contributed by atoms with Crippen molar-refractivity contribution in [1.82, 2.24) is 10.6 Å². The average Bonchev–Trinajstić information content (AvgIpc) is 2.52. The molecule has 64 valence electrons. The minimum absolute atomic E-state index is 0.225. The summed E-state index contributed by atoms with van der Waals surface area (Å²) in [6.07, 6.45) is 3.10. The van der Waals surface area contributed by atoms with Gasteiger partial charge in [0.2, 0.25) is 0 Å². The molecule has 0 aromatic carbocycles. The van der Waals surface area contributed by atoms with Crippen LogP contribution in [0.4, 0.5) is 0 Å². The van der Waals surface area contributed by atoms with E-state index >= 15 is 0 Å². The summed E-state index contributed by atoms with van der Waals surface area (Å²) in [7, 11) is 1.88. The van der Waals surface area contributed by atoms with Crippen LogP contribution in [-0.4, -0.2) is 31.5 Å². The lowest BCUT2D eigenvalue weighted by molar-refractivity contribution is -0.113. The van der Waals surface area contributed by atoms with E-state index in [1.807, 2.05) is 14.0 Å². The zero-order chi connectivity index (χ0) is 8.32. The third-order valence-corrected chi connectivity index (χ3v) is 2.64. The molecule has 2 N–H and O–H groups in total. The van der Waals surface area contributed by atoms with E-state index < -0.39 is 0 Å². The first-order chi connectivity index (χ1) is 5.25. The van der Waals surface area contributed by atoms with Crippen LogP contribution in [0.1, 0.15) is 19.8 Å². The lowest BCUT2D eigenvalue weighted by Gasteiger charge is -2.29. The van der Waals surface area contributed by atoms with Gasteiger partial charge in [-0.1, -0.05) is 0 Å². The van der Waals surface area contributed by atoms with E-state index in [2.05, 4.69) is 10.6 Å². The molecule has 3 heteroatoms. The molecule has 0 bridgehead atoms. The summed E-state index contributed by atoms with van der Waals surface area (Å²) in [6, 6.07) is 0.225. The molecule has 0 spiro atoms. The summed E-state index contributed by atoms with van der Waals surface area (Å²) in [5.74, 6) is 0. The molecule has 2 unspecified atom stereocenters. The molecule has 0 saturated carbocycles. The van der Waals surface area contributed by atoms with Crippen LogP contribution in [0.15, 0.2) is 0 Å². The Morgan fingerprint density at radius 2 is 2.45 bits per heavy atom. The Morgan fingerprint density at radius 1 is 1.73 bits per heavy atom. The summed E-state index contributed by atoms with van der Waals surface area (Å²) in [6.45, 7) is 3.00. The first kappa shape index (κ1) is 8.68. The van der Waals surface area contributed by atoms with Crippen LogP contribution >= 0.6 is 0 Å². The van der Waals surface area contributed by atoms with Gasteiger partial charge in [-0.3, -0.25) is 0 Å². The molecule has 1 heterocycles. The zero-order valence-corrected chi connectivity index (χ0v) is 7.18. The fourth-order valence-electron chi connectivity index (χ4n) is 1.62. The second kappa shape index (κ2) is 3.32. The number of rotatable bonds is 3. The molecule has 3 nitrogen and oxygen atoms in total. The standard InChI is InChI=1S/C8H16N2O/c1-7(9-2)8(6-11)4-3-5-10-8/h6-7,9-10H,3-5H2,1-2H3. The number of hydrogen-bond acceptors (Lipinski definition) is 3. The predicted molar refractivity (Wildman–Crippen MR) is 44.6 cm³/mol. The van der Waals surface area contributed by atoms with Crippen molar-refractivity contribution in [3.63, 3.8) is 0 Å². The second-order valence-electron chi connectivity index (χ2n) is 3.20. The van der Waals surface area contributed by atoms with Crippen LogP contribution < -0.4 is 10.6 Å². The molecule has 0 amide bonds. The normalized spacial score (nSPS) is 33.6. The smallest absolute Gasteiger partial charge is 0.141 e. The average molecular weight is 156 g/mol. The lowest BCUT2D eigenvalue weighted by atomic mass is 9.91. The molecular weight excluding hydrogens is 140 g/mol. The SMILES string of the molecule is CNC(C)C1(C=O)CCCN1. The Morgan fingerprint density at radius 3 is 2.82 bits per heavy atom. The summed E-state index contributed by atoms with van der Waals surface area (Å²) in [5, 5.41) is 6.34. The van der Waals surface area contributed by atoms with Gasteiger partial charge in [0.15, 0.2) is 0 Å². The van der Waals surface area contributed by atoms with E-state index in [4.69, 9.17) is 0 Å². The molecule has 1 rings (SSSR count). The van der Waals surface area contributed by atoms with E-state index in [-0.39, 0.29) is 11.6 Å². The third kappa shape index (κ3) is 1.44. The van der Waals surface area contributed by atoms with Crippen molar-refractivity contribution in [3.05, 3.63) is 0 Å². The summed E-state index contributed by atoms with van der Waals surface area (Å²) < 4.78 is 0. The molecular formula is C8H16N2O. The van der Waals surface area contributed by atoms with Crippen LogP contribution in [0, 0.1) is 0 Å². The number of nitrogens with one attached hydrogen (secondary N) is 2. The van der Waals surface area contributed by atoms with Gasteiger partial charge in [0.1, 0.15) is 6.29 Å². The molecule has 0 radical (unpaired) electrons. The molecule has 1 fully saturated rings. The second-order valence-corrected chi connectivity index (χ2v) is 3.20. The summed E-state index contributed by atoms with van der Waals surface area (Å²) in [4.78, 5) is 10.8. The molecule has 11 heavy (non-hydrogen) atoms. The first-order valence-electron chi connectivity index (χ1n) is 4.14. The van der Waals surface area contributed by atoms with E-state index in [1.165, 1.54) is 0 Å². The minimum Gasteiger partial charge on any atom is -0.315 e. The highest BCUT2D eigenvalue weighted by Crippen LogP contribution is 2.20. The number of carbonyl (C=O) groups excluding carboxylic acids is 1. The zero-order valence-electron chi connectivity index (χ0n) is 7.18. The third-order valence-electron chi connectivity index (χ3n) is 2.64. The molecule has 0 aromatic heterocycles. The predicted octanol–water partition coefficient (Wildman–Crippen LogP) is -0.0846. The van der Waals surface area contributed by atoms with Crippen molar-refractivity contribution in [3.8, 4) is 0 Å². The largest absolute Gasteiger partial charge is 0.315 e. The molecule has 1 aliphatic rings. The van der Waals surface area contributed by atoms with Crippen molar-refractivity contribution in [1.29, 1.82) is 0 Å². The van der Waals surface area contributed by atoms with Crippen LogP contribution in [0.25, 0.3) is 0 Å². The summed E-state index contributed by atoms with van der Waals surface area (Å²) >= 11 is 0. The van der Waals surface area contributed by atoms with Crippen LogP contribution in [0.2, 0.25) is 0 Å². The molecule has 0 aromatic rings. The van der Waals surface area contributed by atoms with Crippen LogP contribution in [0.5, 0.6) is 0 Å². The Kier molecular flexibility index (Phi) is 2.62. The van der Waals surface area contributed by atoms with Gasteiger partial charge in [0.05, 0.1) is 5.54 Å². The highest BCUT2D eigenvalue weighted by Gasteiger charge is 2.37. The number of carbonyl (C=O) groups is 1. The van der Waals surface area contributed by atoms with Crippen LogP contribution in [-0.2, 0) is 4.79 Å². The van der Waals surface area contributed by atoms with E-state index in [1.54, 1.807) is 0 Å². The number of likely N-dealkylation sites (N-methyl/N-ethyl adjacent to an activating group) is 1. The maximum atomic E-state index is 10.8. The minimum atomic E-state index is -0.297. The Bertz CT molecular complexity index is 141. The first-order valence-corrected chi connectivity index (χ1v) is 4.14. The van der Waals surface area contributed by atoms with Gasteiger partial charge >= 0.3 is 0 Å². The molecule has 1 aliphatic heterocycles. The Balaban J connectivity index is 2.65. The van der Waals surface area contributed by atoms with Crippen molar-refractivity contribution in [2.75, 3.05) is 13.6 Å². The van der Waals surface area contributed by atoms with E-state index in [9.17, 15) is 4.79 Å². The van der Waals surface area contributed by atoms with Crippen molar-refractivity contribution in [2.24, 2.45) is 0 Å². The van der Waals surface area contributed by atoms with Gasteiger partial charge in [-0.05, 0) is 33.4 Å². The maximum Gasteiger partial charge on any atom is 0.141 e. The Hall–Kier alpha value is -0.410. The summed E-state index contributed by atoms with van der Waals surface area (Å²) in [5.41, 5.74) is -0.297.